The molecular formula is C9H10NO2+. The van der Waals surface area contributed by atoms with Crippen molar-refractivity contribution < 1.29 is 14.5 Å². The van der Waals surface area contributed by atoms with Crippen molar-refractivity contribution in [1.82, 2.24) is 0 Å². The van der Waals surface area contributed by atoms with Gasteiger partial charge in [-0.25, -0.2) is 4.79 Å². The van der Waals surface area contributed by atoms with Crippen molar-refractivity contribution in [2.75, 3.05) is 6.61 Å². The molecule has 0 radical (unpaired) electrons. The zero-order valence-corrected chi connectivity index (χ0v) is 6.57. The first-order chi connectivity index (χ1) is 5.88. The molecular weight excluding hydrogens is 154 g/mol. The third kappa shape index (κ3) is 1.23. The average Bonchev–Trinajstić information content (AvgIpc) is 2.29. The van der Waals surface area contributed by atoms with E-state index in [1.54, 1.807) is 6.21 Å². The first kappa shape index (κ1) is 7.43. The number of carbonyl (C=O) groups excluding carboxylic acids is 1. The van der Waals surface area contributed by atoms with E-state index in [4.69, 9.17) is 4.74 Å². The van der Waals surface area contributed by atoms with Gasteiger partial charge < -0.3 is 4.74 Å². The second kappa shape index (κ2) is 3.03. The normalized spacial score (nSPS) is 33.2. The fourth-order valence-corrected chi connectivity index (χ4v) is 1.38. The minimum atomic E-state index is -0.159. The number of hydrogen-bond donors (Lipinski definition) is 1. The quantitative estimate of drug-likeness (QED) is 0.489. The smallest absolute Gasteiger partial charge is 0.362 e. The minimum absolute atomic E-state index is 0.0121. The molecule has 2 aliphatic rings. The molecule has 0 spiro atoms. The summed E-state index contributed by atoms with van der Waals surface area (Å²) < 4.78 is 5.40. The van der Waals surface area contributed by atoms with Gasteiger partial charge in [-0.05, 0) is 0 Å². The standard InChI is InChI=1S/C9H9NO2/c11-9-7-3-1-2-4-8(7)12-6-5-10-9/h1-5,7-8H,6H2/p+1. The van der Waals surface area contributed by atoms with Gasteiger partial charge in [0.1, 0.15) is 12.5 Å². The van der Waals surface area contributed by atoms with Crippen LogP contribution in [0.5, 0.6) is 0 Å². The highest BCUT2D eigenvalue weighted by Crippen LogP contribution is 2.15. The summed E-state index contributed by atoms with van der Waals surface area (Å²) in [4.78, 5) is 14.0. The molecule has 3 nitrogen and oxygen atoms in total. The van der Waals surface area contributed by atoms with Crippen LogP contribution in [-0.2, 0) is 9.53 Å². The molecule has 0 saturated heterocycles. The maximum Gasteiger partial charge on any atom is 0.394 e. The molecule has 2 atom stereocenters. The van der Waals surface area contributed by atoms with Crippen LogP contribution < -0.4 is 4.99 Å². The Morgan fingerprint density at radius 3 is 3.17 bits per heavy atom. The van der Waals surface area contributed by atoms with E-state index >= 15 is 0 Å². The van der Waals surface area contributed by atoms with Crippen LogP contribution in [0.4, 0.5) is 0 Å². The van der Waals surface area contributed by atoms with Gasteiger partial charge in [-0.3, -0.25) is 0 Å². The van der Waals surface area contributed by atoms with Gasteiger partial charge in [-0.2, -0.15) is 4.99 Å². The number of fused-ring (bicyclic) bond motifs is 1. The molecule has 1 aliphatic heterocycles. The monoisotopic (exact) mass is 164 g/mol. The number of hydrogen-bond acceptors (Lipinski definition) is 2. The Hall–Kier alpha value is -1.22. The fraction of sp³-hybridized carbons (Fsp3) is 0.333. The predicted molar refractivity (Wildman–Crippen MR) is 43.5 cm³/mol. The van der Waals surface area contributed by atoms with Gasteiger partial charge in [0.25, 0.3) is 0 Å². The molecule has 62 valence electrons. The molecule has 1 heterocycles. The van der Waals surface area contributed by atoms with Crippen molar-refractivity contribution in [2.24, 2.45) is 5.92 Å². The van der Waals surface area contributed by atoms with E-state index in [2.05, 4.69) is 4.99 Å². The minimum Gasteiger partial charge on any atom is -0.362 e. The highest BCUT2D eigenvalue weighted by molar-refractivity contribution is 5.76. The summed E-state index contributed by atoms with van der Waals surface area (Å²) in [7, 11) is 0. The van der Waals surface area contributed by atoms with Crippen molar-refractivity contribution >= 4 is 12.1 Å². The largest absolute Gasteiger partial charge is 0.394 e. The highest BCUT2D eigenvalue weighted by atomic mass is 16.5. The van der Waals surface area contributed by atoms with E-state index in [9.17, 15) is 4.79 Å². The van der Waals surface area contributed by atoms with Crippen molar-refractivity contribution in [1.29, 1.82) is 0 Å². The van der Waals surface area contributed by atoms with Gasteiger partial charge in [-0.15, -0.1) is 0 Å². The Morgan fingerprint density at radius 1 is 1.42 bits per heavy atom. The lowest BCUT2D eigenvalue weighted by atomic mass is 9.97. The lowest BCUT2D eigenvalue weighted by Gasteiger charge is -2.16. The van der Waals surface area contributed by atoms with Crippen LogP contribution in [0, 0.1) is 5.92 Å². The third-order valence-corrected chi connectivity index (χ3v) is 2.00. The van der Waals surface area contributed by atoms with Gasteiger partial charge in [0, 0.05) is 0 Å². The Kier molecular flexibility index (Phi) is 1.87. The Bertz CT molecular complexity index is 278. The van der Waals surface area contributed by atoms with E-state index < -0.39 is 0 Å². The predicted octanol–water partition coefficient (Wildman–Crippen LogP) is -1.19. The Balaban J connectivity index is 2.26. The molecule has 12 heavy (non-hydrogen) atoms. The Labute approximate surface area is 70.4 Å². The fourth-order valence-electron chi connectivity index (χ4n) is 1.38. The maximum atomic E-state index is 11.3. The summed E-state index contributed by atoms with van der Waals surface area (Å²) in [5.41, 5.74) is 0. The van der Waals surface area contributed by atoms with E-state index in [0.717, 1.165) is 0 Å². The van der Waals surface area contributed by atoms with E-state index in [1.165, 1.54) is 0 Å². The molecule has 1 N–H and O–H groups in total. The van der Waals surface area contributed by atoms with Gasteiger partial charge >= 0.3 is 5.91 Å². The zero-order valence-electron chi connectivity index (χ0n) is 6.57. The number of allylic oxidation sites excluding steroid dienone is 2. The molecule has 1 amide bonds. The Morgan fingerprint density at radius 2 is 2.25 bits per heavy atom. The van der Waals surface area contributed by atoms with Crippen LogP contribution >= 0.6 is 0 Å². The average molecular weight is 164 g/mol. The highest BCUT2D eigenvalue weighted by Gasteiger charge is 2.31. The summed E-state index contributed by atoms with van der Waals surface area (Å²) in [6.45, 7) is 0.477. The molecule has 0 fully saturated rings. The number of ether oxygens (including phenoxy) is 1. The van der Waals surface area contributed by atoms with Crippen LogP contribution in [-0.4, -0.2) is 24.8 Å². The summed E-state index contributed by atoms with van der Waals surface area (Å²) >= 11 is 0. The number of carbonyl (C=O) groups is 1. The van der Waals surface area contributed by atoms with Crippen molar-refractivity contribution in [3.63, 3.8) is 0 Å². The first-order valence-corrected chi connectivity index (χ1v) is 3.96. The topological polar surface area (TPSA) is 40.3 Å². The number of nitrogens with one attached hydrogen (secondary N) is 1. The van der Waals surface area contributed by atoms with Gasteiger partial charge in [0.2, 0.25) is 0 Å². The van der Waals surface area contributed by atoms with E-state index in [1.807, 2.05) is 24.3 Å². The lowest BCUT2D eigenvalue weighted by Crippen LogP contribution is -2.76. The molecule has 2 rings (SSSR count). The van der Waals surface area contributed by atoms with E-state index in [-0.39, 0.29) is 17.9 Å². The molecule has 2 unspecified atom stereocenters. The van der Waals surface area contributed by atoms with Crippen molar-refractivity contribution in [3.8, 4) is 0 Å². The number of rotatable bonds is 0. The maximum absolute atomic E-state index is 11.3. The van der Waals surface area contributed by atoms with Crippen LogP contribution in [0.25, 0.3) is 0 Å². The van der Waals surface area contributed by atoms with Crippen molar-refractivity contribution in [3.05, 3.63) is 24.3 Å². The van der Waals surface area contributed by atoms with Crippen molar-refractivity contribution in [2.45, 2.75) is 6.10 Å². The molecule has 0 aromatic heterocycles. The summed E-state index contributed by atoms with van der Waals surface area (Å²) in [6, 6.07) is 0. The lowest BCUT2D eigenvalue weighted by molar-refractivity contribution is -0.376. The second-order valence-electron chi connectivity index (χ2n) is 2.81. The summed E-state index contributed by atoms with van der Waals surface area (Å²) in [6.07, 6.45) is 9.09. The first-order valence-electron chi connectivity index (χ1n) is 3.96. The molecule has 0 bridgehead atoms. The summed E-state index contributed by atoms with van der Waals surface area (Å²) in [5, 5.41) is 0. The van der Waals surface area contributed by atoms with Gasteiger partial charge in [-0.1, -0.05) is 24.3 Å². The molecule has 0 saturated carbocycles. The van der Waals surface area contributed by atoms with Crippen LogP contribution in [0.2, 0.25) is 0 Å². The number of amides is 1. The van der Waals surface area contributed by atoms with Gasteiger partial charge in [0.05, 0.1) is 6.10 Å². The zero-order chi connectivity index (χ0) is 8.39. The molecule has 1 aliphatic carbocycles. The molecule has 0 aromatic rings. The summed E-state index contributed by atoms with van der Waals surface area (Å²) in [5.74, 6) is -0.146. The van der Waals surface area contributed by atoms with Gasteiger partial charge in [0.15, 0.2) is 6.21 Å². The van der Waals surface area contributed by atoms with Crippen LogP contribution in [0.3, 0.4) is 0 Å². The van der Waals surface area contributed by atoms with E-state index in [0.29, 0.717) is 6.61 Å². The van der Waals surface area contributed by atoms with Crippen LogP contribution in [0.1, 0.15) is 0 Å². The molecule has 3 heteroatoms. The molecule has 0 aromatic carbocycles. The SMILES string of the molecule is O=C1[NH+]=CCOC2C=CC=CC12. The van der Waals surface area contributed by atoms with Crippen LogP contribution in [0.15, 0.2) is 24.3 Å². The second-order valence-corrected chi connectivity index (χ2v) is 2.81. The third-order valence-electron chi connectivity index (χ3n) is 2.00.